The summed E-state index contributed by atoms with van der Waals surface area (Å²) < 4.78 is 5.74. The van der Waals surface area contributed by atoms with Crippen LogP contribution in [0.15, 0.2) is 72.8 Å². The Bertz CT molecular complexity index is 967. The van der Waals surface area contributed by atoms with E-state index in [1.807, 2.05) is 43.3 Å². The standard InChI is InChI=1S/C23H22N2O3/c1-16-7-6-10-20(21(16)23(27)24-2)25-22(26)18-11-13-19(14-12-18)28-15-17-8-4-3-5-9-17/h3-14H,15H2,1-2H3,(H,24,27)(H,25,26). The molecule has 5 nitrogen and oxygen atoms in total. The van der Waals surface area contributed by atoms with Crippen LogP contribution in [0, 0.1) is 6.92 Å². The molecule has 0 radical (unpaired) electrons. The van der Waals surface area contributed by atoms with Crippen molar-refractivity contribution in [2.45, 2.75) is 13.5 Å². The van der Waals surface area contributed by atoms with E-state index in [-0.39, 0.29) is 11.8 Å². The van der Waals surface area contributed by atoms with Crippen molar-refractivity contribution in [1.82, 2.24) is 5.32 Å². The van der Waals surface area contributed by atoms with Crippen LogP contribution in [0.5, 0.6) is 5.75 Å². The molecular formula is C23H22N2O3. The fourth-order valence-electron chi connectivity index (χ4n) is 2.84. The minimum atomic E-state index is -0.287. The third kappa shape index (κ3) is 4.57. The normalized spacial score (nSPS) is 10.2. The Morgan fingerprint density at radius 3 is 2.25 bits per heavy atom. The molecule has 0 spiro atoms. The van der Waals surface area contributed by atoms with Crippen LogP contribution >= 0.6 is 0 Å². The van der Waals surface area contributed by atoms with E-state index in [0.717, 1.165) is 11.1 Å². The highest BCUT2D eigenvalue weighted by Crippen LogP contribution is 2.21. The number of carbonyl (C=O) groups excluding carboxylic acids is 2. The van der Waals surface area contributed by atoms with E-state index in [0.29, 0.717) is 29.2 Å². The van der Waals surface area contributed by atoms with Crippen LogP contribution in [0.2, 0.25) is 0 Å². The Morgan fingerprint density at radius 2 is 1.57 bits per heavy atom. The van der Waals surface area contributed by atoms with Crippen molar-refractivity contribution in [2.24, 2.45) is 0 Å². The summed E-state index contributed by atoms with van der Waals surface area (Å²) in [4.78, 5) is 24.7. The van der Waals surface area contributed by atoms with Crippen molar-refractivity contribution < 1.29 is 14.3 Å². The smallest absolute Gasteiger partial charge is 0.255 e. The van der Waals surface area contributed by atoms with Crippen molar-refractivity contribution >= 4 is 17.5 Å². The number of benzene rings is 3. The van der Waals surface area contributed by atoms with E-state index in [1.54, 1.807) is 43.4 Å². The number of anilines is 1. The fourth-order valence-corrected chi connectivity index (χ4v) is 2.84. The van der Waals surface area contributed by atoms with Crippen LogP contribution in [0.1, 0.15) is 31.8 Å². The molecule has 0 aliphatic rings. The summed E-state index contributed by atoms with van der Waals surface area (Å²) in [5.74, 6) is 0.158. The summed E-state index contributed by atoms with van der Waals surface area (Å²) >= 11 is 0. The Morgan fingerprint density at radius 1 is 0.857 bits per heavy atom. The van der Waals surface area contributed by atoms with Crippen LogP contribution in [-0.2, 0) is 6.61 Å². The molecule has 0 aliphatic heterocycles. The lowest BCUT2D eigenvalue weighted by molar-refractivity contribution is 0.0963. The second kappa shape index (κ2) is 8.86. The first-order valence-corrected chi connectivity index (χ1v) is 8.98. The van der Waals surface area contributed by atoms with Gasteiger partial charge in [-0.25, -0.2) is 0 Å². The summed E-state index contributed by atoms with van der Waals surface area (Å²) in [6.07, 6.45) is 0. The third-order valence-electron chi connectivity index (χ3n) is 4.34. The van der Waals surface area contributed by atoms with Crippen LogP contribution < -0.4 is 15.4 Å². The molecule has 0 bridgehead atoms. The molecule has 142 valence electrons. The number of ether oxygens (including phenoxy) is 1. The first kappa shape index (κ1) is 19.2. The average Bonchev–Trinajstić information content (AvgIpc) is 2.73. The molecular weight excluding hydrogens is 352 g/mol. The molecule has 0 heterocycles. The lowest BCUT2D eigenvalue weighted by atomic mass is 10.1. The molecule has 3 aromatic rings. The van der Waals surface area contributed by atoms with E-state index >= 15 is 0 Å². The average molecular weight is 374 g/mol. The predicted octanol–water partition coefficient (Wildman–Crippen LogP) is 4.19. The lowest BCUT2D eigenvalue weighted by Gasteiger charge is -2.13. The maximum Gasteiger partial charge on any atom is 0.255 e. The molecule has 0 saturated heterocycles. The fraction of sp³-hybridized carbons (Fsp3) is 0.130. The van der Waals surface area contributed by atoms with Crippen LogP contribution in [0.4, 0.5) is 5.69 Å². The van der Waals surface area contributed by atoms with Gasteiger partial charge in [0.15, 0.2) is 0 Å². The van der Waals surface area contributed by atoms with Gasteiger partial charge in [-0.3, -0.25) is 9.59 Å². The Hall–Kier alpha value is -3.60. The molecule has 2 amide bonds. The lowest BCUT2D eigenvalue weighted by Crippen LogP contribution is -2.22. The van der Waals surface area contributed by atoms with Gasteiger partial charge in [-0.1, -0.05) is 42.5 Å². The monoisotopic (exact) mass is 374 g/mol. The number of nitrogens with one attached hydrogen (secondary N) is 2. The van der Waals surface area contributed by atoms with Gasteiger partial charge in [0, 0.05) is 12.6 Å². The second-order valence-corrected chi connectivity index (χ2v) is 6.33. The van der Waals surface area contributed by atoms with Gasteiger partial charge in [0.25, 0.3) is 11.8 Å². The van der Waals surface area contributed by atoms with E-state index in [1.165, 1.54) is 0 Å². The second-order valence-electron chi connectivity index (χ2n) is 6.33. The van der Waals surface area contributed by atoms with Gasteiger partial charge < -0.3 is 15.4 Å². The van der Waals surface area contributed by atoms with Crippen molar-refractivity contribution in [3.63, 3.8) is 0 Å². The number of amides is 2. The summed E-state index contributed by atoms with van der Waals surface area (Å²) in [5.41, 5.74) is 3.29. The van der Waals surface area contributed by atoms with Crippen LogP contribution in [0.3, 0.4) is 0 Å². The van der Waals surface area contributed by atoms with Gasteiger partial charge in [-0.05, 0) is 48.4 Å². The quantitative estimate of drug-likeness (QED) is 0.680. The van der Waals surface area contributed by atoms with Crippen LogP contribution in [0.25, 0.3) is 0 Å². The summed E-state index contributed by atoms with van der Waals surface area (Å²) in [7, 11) is 1.56. The maximum absolute atomic E-state index is 12.6. The molecule has 5 heteroatoms. The van der Waals surface area contributed by atoms with Crippen molar-refractivity contribution in [3.8, 4) is 5.75 Å². The van der Waals surface area contributed by atoms with Gasteiger partial charge in [-0.2, -0.15) is 0 Å². The van der Waals surface area contributed by atoms with Gasteiger partial charge in [-0.15, -0.1) is 0 Å². The van der Waals surface area contributed by atoms with Crippen molar-refractivity contribution in [1.29, 1.82) is 0 Å². The topological polar surface area (TPSA) is 67.4 Å². The van der Waals surface area contributed by atoms with Gasteiger partial charge in [0.05, 0.1) is 11.3 Å². The van der Waals surface area contributed by atoms with E-state index < -0.39 is 0 Å². The molecule has 0 unspecified atom stereocenters. The maximum atomic E-state index is 12.6. The highest BCUT2D eigenvalue weighted by Gasteiger charge is 2.15. The SMILES string of the molecule is CNC(=O)c1c(C)cccc1NC(=O)c1ccc(OCc2ccccc2)cc1. The summed E-state index contributed by atoms with van der Waals surface area (Å²) in [5, 5.41) is 5.42. The Kier molecular flexibility index (Phi) is 6.07. The largest absolute Gasteiger partial charge is 0.489 e. The molecule has 3 rings (SSSR count). The molecule has 0 fully saturated rings. The van der Waals surface area contributed by atoms with E-state index in [4.69, 9.17) is 4.74 Å². The zero-order valence-corrected chi connectivity index (χ0v) is 15.9. The highest BCUT2D eigenvalue weighted by molar-refractivity contribution is 6.09. The molecule has 2 N–H and O–H groups in total. The van der Waals surface area contributed by atoms with Crippen molar-refractivity contribution in [3.05, 3.63) is 95.1 Å². The minimum Gasteiger partial charge on any atom is -0.489 e. The first-order valence-electron chi connectivity index (χ1n) is 8.98. The molecule has 0 saturated carbocycles. The summed E-state index contributed by atoms with van der Waals surface area (Å²) in [6.45, 7) is 2.30. The zero-order chi connectivity index (χ0) is 19.9. The van der Waals surface area contributed by atoms with Crippen molar-refractivity contribution in [2.75, 3.05) is 12.4 Å². The van der Waals surface area contributed by atoms with Gasteiger partial charge in [0.1, 0.15) is 12.4 Å². The van der Waals surface area contributed by atoms with Gasteiger partial charge >= 0.3 is 0 Å². The van der Waals surface area contributed by atoms with Crippen LogP contribution in [-0.4, -0.2) is 18.9 Å². The number of hydrogen-bond acceptors (Lipinski definition) is 3. The molecule has 0 atom stereocenters. The van der Waals surface area contributed by atoms with E-state index in [2.05, 4.69) is 10.6 Å². The molecule has 0 aromatic heterocycles. The Balaban J connectivity index is 1.69. The number of carbonyl (C=O) groups is 2. The highest BCUT2D eigenvalue weighted by atomic mass is 16.5. The predicted molar refractivity (Wildman–Crippen MR) is 110 cm³/mol. The Labute approximate surface area is 164 Å². The number of rotatable bonds is 6. The zero-order valence-electron chi connectivity index (χ0n) is 15.9. The minimum absolute atomic E-state index is 0.238. The molecule has 28 heavy (non-hydrogen) atoms. The van der Waals surface area contributed by atoms with E-state index in [9.17, 15) is 9.59 Å². The first-order chi connectivity index (χ1) is 13.6. The molecule has 3 aromatic carbocycles. The number of hydrogen-bond donors (Lipinski definition) is 2. The number of aryl methyl sites for hydroxylation is 1. The molecule has 0 aliphatic carbocycles. The summed E-state index contributed by atoms with van der Waals surface area (Å²) in [6, 6.07) is 22.1. The van der Waals surface area contributed by atoms with Gasteiger partial charge in [0.2, 0.25) is 0 Å². The third-order valence-corrected chi connectivity index (χ3v) is 4.34.